The third kappa shape index (κ3) is 5.04. The highest BCUT2D eigenvalue weighted by molar-refractivity contribution is 7.89. The lowest BCUT2D eigenvalue weighted by Gasteiger charge is -2.18. The number of sulfonamides is 1. The number of aromatic amines is 1. The van der Waals surface area contributed by atoms with Crippen LogP contribution >= 0.6 is 0 Å². The Morgan fingerprint density at radius 3 is 2.31 bits per heavy atom. The van der Waals surface area contributed by atoms with Gasteiger partial charge in [-0.1, -0.05) is 60.7 Å². The highest BCUT2D eigenvalue weighted by Crippen LogP contribution is 2.27. The Balaban J connectivity index is 1.65. The molecule has 1 aromatic heterocycles. The highest BCUT2D eigenvalue weighted by Gasteiger charge is 2.26. The second-order valence-electron chi connectivity index (χ2n) is 7.50. The maximum absolute atomic E-state index is 12.9. The summed E-state index contributed by atoms with van der Waals surface area (Å²) in [5.74, 6) is -0.348. The summed E-state index contributed by atoms with van der Waals surface area (Å²) in [7, 11) is -3.91. The molecule has 3 N–H and O–H groups in total. The lowest BCUT2D eigenvalue weighted by atomic mass is 10.0. The maximum Gasteiger partial charge on any atom is 0.305 e. The van der Waals surface area contributed by atoms with Crippen LogP contribution in [0.1, 0.15) is 29.4 Å². The van der Waals surface area contributed by atoms with Gasteiger partial charge in [-0.2, -0.15) is 0 Å². The maximum atomic E-state index is 12.9. The predicted octanol–water partition coefficient (Wildman–Crippen LogP) is 3.84. The second kappa shape index (κ2) is 9.33. The fraction of sp³-hybridized carbons (Fsp3) is 0.167. The van der Waals surface area contributed by atoms with Crippen LogP contribution in [0.25, 0.3) is 11.0 Å². The van der Waals surface area contributed by atoms with Gasteiger partial charge in [0, 0.05) is 6.42 Å². The van der Waals surface area contributed by atoms with Gasteiger partial charge in [0.25, 0.3) is 0 Å². The number of carboxylic acids is 1. The van der Waals surface area contributed by atoms with Gasteiger partial charge < -0.3 is 10.1 Å². The zero-order valence-electron chi connectivity index (χ0n) is 17.2. The third-order valence-electron chi connectivity index (χ3n) is 5.19. The van der Waals surface area contributed by atoms with E-state index in [0.29, 0.717) is 17.5 Å². The largest absolute Gasteiger partial charge is 0.481 e. The Morgan fingerprint density at radius 2 is 1.62 bits per heavy atom. The average Bonchev–Trinajstić information content (AvgIpc) is 3.21. The van der Waals surface area contributed by atoms with Crippen molar-refractivity contribution in [1.29, 1.82) is 0 Å². The van der Waals surface area contributed by atoms with Gasteiger partial charge in [-0.3, -0.25) is 4.79 Å². The Morgan fingerprint density at radius 1 is 0.938 bits per heavy atom. The minimum atomic E-state index is -3.91. The molecule has 1 atom stereocenters. The van der Waals surface area contributed by atoms with Crippen LogP contribution in [0, 0.1) is 0 Å². The van der Waals surface area contributed by atoms with Crippen LogP contribution in [-0.2, 0) is 27.7 Å². The van der Waals surface area contributed by atoms with Crippen molar-refractivity contribution in [3.63, 3.8) is 0 Å². The predicted molar refractivity (Wildman–Crippen MR) is 122 cm³/mol. The Labute approximate surface area is 186 Å². The lowest BCUT2D eigenvalue weighted by molar-refractivity contribution is -0.137. The number of carboxylic acid groups (broad SMARTS) is 1. The highest BCUT2D eigenvalue weighted by atomic mass is 32.2. The fourth-order valence-electron chi connectivity index (χ4n) is 3.66. The van der Waals surface area contributed by atoms with Gasteiger partial charge in [0.05, 0.1) is 28.4 Å². The van der Waals surface area contributed by atoms with E-state index in [1.165, 1.54) is 17.7 Å². The number of fused-ring (bicyclic) bond motifs is 1. The molecule has 4 aromatic rings. The summed E-state index contributed by atoms with van der Waals surface area (Å²) in [6, 6.07) is 22.3. The van der Waals surface area contributed by atoms with Gasteiger partial charge in [-0.25, -0.2) is 18.1 Å². The molecular weight excluding hydrogens is 426 g/mol. The normalized spacial score (nSPS) is 12.6. The molecule has 1 heterocycles. The minimum Gasteiger partial charge on any atom is -0.481 e. The van der Waals surface area contributed by atoms with Crippen molar-refractivity contribution in [3.8, 4) is 0 Å². The number of H-pyrrole nitrogens is 1. The first-order valence-electron chi connectivity index (χ1n) is 10.2. The molecule has 3 aromatic carbocycles. The monoisotopic (exact) mass is 449 g/mol. The summed E-state index contributed by atoms with van der Waals surface area (Å²) in [5.41, 5.74) is 3.01. The molecule has 0 amide bonds. The van der Waals surface area contributed by atoms with Crippen LogP contribution in [0.5, 0.6) is 0 Å². The summed E-state index contributed by atoms with van der Waals surface area (Å²) in [6.45, 7) is 0. The van der Waals surface area contributed by atoms with Crippen LogP contribution in [-0.4, -0.2) is 29.5 Å². The molecule has 0 fully saturated rings. The molecule has 8 heteroatoms. The first-order chi connectivity index (χ1) is 15.4. The number of nitrogens with one attached hydrogen (secondary N) is 2. The van der Waals surface area contributed by atoms with Crippen molar-refractivity contribution in [2.75, 3.05) is 0 Å². The van der Waals surface area contributed by atoms with E-state index in [0.717, 1.165) is 17.8 Å². The van der Waals surface area contributed by atoms with E-state index in [4.69, 9.17) is 0 Å². The number of carbonyl (C=O) groups is 1. The fourth-order valence-corrected chi connectivity index (χ4v) is 4.89. The number of aromatic nitrogens is 2. The summed E-state index contributed by atoms with van der Waals surface area (Å²) in [5, 5.41) is 9.44. The molecule has 7 nitrogen and oxygen atoms in total. The molecule has 1 unspecified atom stereocenters. The lowest BCUT2D eigenvalue weighted by Crippen LogP contribution is -2.30. The quantitative estimate of drug-likeness (QED) is 0.359. The molecule has 164 valence electrons. The molecule has 0 aliphatic heterocycles. The topological polar surface area (TPSA) is 112 Å². The number of imidazole rings is 1. The van der Waals surface area contributed by atoms with E-state index in [2.05, 4.69) is 26.8 Å². The van der Waals surface area contributed by atoms with Crippen LogP contribution < -0.4 is 4.72 Å². The van der Waals surface area contributed by atoms with E-state index in [9.17, 15) is 18.3 Å². The van der Waals surface area contributed by atoms with E-state index in [-0.39, 0.29) is 4.90 Å². The summed E-state index contributed by atoms with van der Waals surface area (Å²) < 4.78 is 28.3. The first-order valence-corrected chi connectivity index (χ1v) is 11.7. The van der Waals surface area contributed by atoms with Crippen molar-refractivity contribution in [2.24, 2.45) is 0 Å². The smallest absolute Gasteiger partial charge is 0.305 e. The Hall–Kier alpha value is -3.49. The summed E-state index contributed by atoms with van der Waals surface area (Å²) in [4.78, 5) is 19.6. The molecule has 0 saturated heterocycles. The number of rotatable bonds is 9. The number of aryl methyl sites for hydroxylation is 2. The van der Waals surface area contributed by atoms with Gasteiger partial charge >= 0.3 is 5.97 Å². The average molecular weight is 450 g/mol. The zero-order chi connectivity index (χ0) is 22.6. The van der Waals surface area contributed by atoms with Crippen molar-refractivity contribution in [3.05, 3.63) is 95.8 Å². The first kappa shape index (κ1) is 21.7. The van der Waals surface area contributed by atoms with Crippen LogP contribution in [0.2, 0.25) is 0 Å². The number of hydrogen-bond acceptors (Lipinski definition) is 4. The SMILES string of the molecule is O=C(O)CC(NS(=O)(=O)c1ccccc1)c1cccc2[nH]c(CCc3ccccc3)nc12. The number of nitrogens with zero attached hydrogens (tertiary/aromatic N) is 1. The molecule has 32 heavy (non-hydrogen) atoms. The number of aliphatic carboxylic acids is 1. The van der Waals surface area contributed by atoms with E-state index < -0.39 is 28.5 Å². The molecule has 0 radical (unpaired) electrons. The van der Waals surface area contributed by atoms with Crippen molar-refractivity contribution in [1.82, 2.24) is 14.7 Å². The Bertz CT molecular complexity index is 1320. The van der Waals surface area contributed by atoms with E-state index in [1.807, 2.05) is 24.3 Å². The minimum absolute atomic E-state index is 0.0770. The molecular formula is C24H23N3O4S. The Kier molecular flexibility index (Phi) is 6.34. The number of hydrogen-bond donors (Lipinski definition) is 3. The van der Waals surface area contributed by atoms with Crippen LogP contribution in [0.4, 0.5) is 0 Å². The van der Waals surface area contributed by atoms with E-state index >= 15 is 0 Å². The van der Waals surface area contributed by atoms with E-state index in [1.54, 1.807) is 30.3 Å². The molecule has 4 rings (SSSR count). The van der Waals surface area contributed by atoms with Gasteiger partial charge in [0.1, 0.15) is 5.82 Å². The molecule has 0 bridgehead atoms. The van der Waals surface area contributed by atoms with Crippen LogP contribution in [0.3, 0.4) is 0 Å². The molecule has 0 aliphatic carbocycles. The van der Waals surface area contributed by atoms with Gasteiger partial charge in [-0.05, 0) is 35.7 Å². The number of para-hydroxylation sites is 1. The third-order valence-corrected chi connectivity index (χ3v) is 6.68. The molecule has 0 spiro atoms. The summed E-state index contributed by atoms with van der Waals surface area (Å²) in [6.07, 6.45) is 1.07. The van der Waals surface area contributed by atoms with Gasteiger partial charge in [0.2, 0.25) is 10.0 Å². The van der Waals surface area contributed by atoms with Gasteiger partial charge in [0.15, 0.2) is 0 Å². The van der Waals surface area contributed by atoms with Crippen molar-refractivity contribution >= 4 is 27.0 Å². The molecule has 0 aliphatic rings. The summed E-state index contributed by atoms with van der Waals surface area (Å²) >= 11 is 0. The number of benzene rings is 3. The standard InChI is InChI=1S/C24H23N3O4S/c28-23(29)16-21(27-32(30,31)18-10-5-2-6-11-18)19-12-7-13-20-24(19)26-22(25-20)15-14-17-8-3-1-4-9-17/h1-13,21,27H,14-16H2,(H,25,26)(H,28,29). The second-order valence-corrected chi connectivity index (χ2v) is 9.21. The van der Waals surface area contributed by atoms with Crippen molar-refractivity contribution < 1.29 is 18.3 Å². The zero-order valence-corrected chi connectivity index (χ0v) is 18.0. The van der Waals surface area contributed by atoms with Gasteiger partial charge in [-0.15, -0.1) is 0 Å². The molecule has 0 saturated carbocycles. The van der Waals surface area contributed by atoms with Crippen molar-refractivity contribution in [2.45, 2.75) is 30.2 Å². The van der Waals surface area contributed by atoms with Crippen LogP contribution in [0.15, 0.2) is 83.8 Å².